The Morgan fingerprint density at radius 1 is 0.963 bits per heavy atom. The van der Waals surface area contributed by atoms with Crippen LogP contribution in [0.25, 0.3) is 32.8 Å². The van der Waals surface area contributed by atoms with E-state index in [1.165, 1.54) is 0 Å². The molecule has 0 amide bonds. The number of nitrogens with zero attached hydrogens (tertiary/aromatic N) is 1. The van der Waals surface area contributed by atoms with Crippen molar-refractivity contribution in [2.45, 2.75) is 33.6 Å². The molecule has 4 aromatic rings. The molecule has 0 radical (unpaired) electrons. The zero-order valence-electron chi connectivity index (χ0n) is 16.0. The number of hydrogen-bond donors (Lipinski definition) is 2. The highest BCUT2D eigenvalue weighted by atomic mass is 16.1. The maximum Gasteiger partial charge on any atom is 0.153 e. The number of nitrogens with two attached hydrogens (primary N) is 1. The number of aromatic amines is 1. The maximum absolute atomic E-state index is 11.9. The first kappa shape index (κ1) is 18.6. The number of fused-ring (bicyclic) bond motifs is 2. The molecule has 138 valence electrons. The first-order chi connectivity index (χ1) is 13.2. The summed E-state index contributed by atoms with van der Waals surface area (Å²) in [5.74, 6) is 0.749. The highest BCUT2D eigenvalue weighted by Gasteiger charge is 2.14. The van der Waals surface area contributed by atoms with Crippen LogP contribution in [0.3, 0.4) is 0 Å². The largest absolute Gasteiger partial charge is 0.382 e. The first-order valence-electron chi connectivity index (χ1n) is 9.44. The van der Waals surface area contributed by atoms with Crippen molar-refractivity contribution in [2.24, 2.45) is 0 Å². The maximum atomic E-state index is 11.9. The molecule has 4 nitrogen and oxygen atoms in total. The molecule has 3 aromatic carbocycles. The third kappa shape index (κ3) is 3.43. The standard InChI is InChI=1S/C21H19N3O.C2H6/c1-2-14(25)12-13-10-11-17(16-7-4-3-6-15(13)16)18-8-5-9-19-20(18)21(22)24-23-19;1-2/h3-11H,2,12H2,1H3,(H3,22,23,24);1-2H3. The van der Waals surface area contributed by atoms with Crippen molar-refractivity contribution >= 4 is 33.3 Å². The molecule has 0 bridgehead atoms. The zero-order chi connectivity index (χ0) is 19.4. The van der Waals surface area contributed by atoms with Crippen LogP contribution in [0.4, 0.5) is 5.82 Å². The molecule has 1 aromatic heterocycles. The number of ketones is 1. The minimum atomic E-state index is 0.249. The number of H-pyrrole nitrogens is 1. The summed E-state index contributed by atoms with van der Waals surface area (Å²) >= 11 is 0. The van der Waals surface area contributed by atoms with Gasteiger partial charge in [0.05, 0.1) is 10.9 Å². The molecule has 0 atom stereocenters. The minimum Gasteiger partial charge on any atom is -0.382 e. The molecule has 0 saturated carbocycles. The summed E-state index contributed by atoms with van der Waals surface area (Å²) in [6.45, 7) is 5.90. The number of hydrogen-bond acceptors (Lipinski definition) is 3. The summed E-state index contributed by atoms with van der Waals surface area (Å²) in [6.07, 6.45) is 1.02. The Morgan fingerprint density at radius 3 is 2.44 bits per heavy atom. The van der Waals surface area contributed by atoms with Gasteiger partial charge in [0.1, 0.15) is 5.78 Å². The summed E-state index contributed by atoms with van der Waals surface area (Å²) in [4.78, 5) is 11.9. The average molecular weight is 359 g/mol. The molecule has 0 spiro atoms. The molecule has 4 rings (SSSR count). The Morgan fingerprint density at radius 2 is 1.70 bits per heavy atom. The van der Waals surface area contributed by atoms with Crippen LogP contribution < -0.4 is 5.73 Å². The van der Waals surface area contributed by atoms with Gasteiger partial charge < -0.3 is 5.73 Å². The average Bonchev–Trinajstić information content (AvgIpc) is 3.11. The van der Waals surface area contributed by atoms with Gasteiger partial charge >= 0.3 is 0 Å². The van der Waals surface area contributed by atoms with Crippen molar-refractivity contribution in [3.05, 3.63) is 60.2 Å². The topological polar surface area (TPSA) is 71.8 Å². The fourth-order valence-corrected chi connectivity index (χ4v) is 3.41. The van der Waals surface area contributed by atoms with Crippen LogP contribution in [0.5, 0.6) is 0 Å². The molecule has 0 saturated heterocycles. The number of Topliss-reactive ketones (excluding diaryl/α,β-unsaturated/α-hetero) is 1. The van der Waals surface area contributed by atoms with Gasteiger partial charge in [-0.3, -0.25) is 9.89 Å². The molecule has 0 aliphatic carbocycles. The van der Waals surface area contributed by atoms with Gasteiger partial charge in [-0.05, 0) is 33.5 Å². The lowest BCUT2D eigenvalue weighted by atomic mass is 9.91. The van der Waals surface area contributed by atoms with Gasteiger partial charge in [-0.25, -0.2) is 0 Å². The summed E-state index contributed by atoms with van der Waals surface area (Å²) in [7, 11) is 0. The number of nitrogens with one attached hydrogen (secondary N) is 1. The van der Waals surface area contributed by atoms with Crippen LogP contribution in [0.2, 0.25) is 0 Å². The predicted molar refractivity (Wildman–Crippen MR) is 114 cm³/mol. The van der Waals surface area contributed by atoms with Crippen molar-refractivity contribution in [1.82, 2.24) is 10.2 Å². The fraction of sp³-hybridized carbons (Fsp3) is 0.217. The lowest BCUT2D eigenvalue weighted by Gasteiger charge is -2.12. The highest BCUT2D eigenvalue weighted by molar-refractivity contribution is 6.09. The molecule has 1 heterocycles. The Balaban J connectivity index is 0.00000102. The first-order valence-corrected chi connectivity index (χ1v) is 9.44. The van der Waals surface area contributed by atoms with Crippen molar-refractivity contribution in [3.8, 4) is 11.1 Å². The van der Waals surface area contributed by atoms with Gasteiger partial charge in [-0.2, -0.15) is 5.10 Å². The van der Waals surface area contributed by atoms with Gasteiger partial charge in [0, 0.05) is 12.8 Å². The number of carbonyl (C=O) groups excluding carboxylic acids is 1. The van der Waals surface area contributed by atoms with Crippen molar-refractivity contribution in [1.29, 1.82) is 0 Å². The molecule has 0 unspecified atom stereocenters. The van der Waals surface area contributed by atoms with Gasteiger partial charge in [0.25, 0.3) is 0 Å². The number of carbonyl (C=O) groups is 1. The van der Waals surface area contributed by atoms with E-state index >= 15 is 0 Å². The summed E-state index contributed by atoms with van der Waals surface area (Å²) < 4.78 is 0. The predicted octanol–water partition coefficient (Wildman–Crippen LogP) is 5.51. The smallest absolute Gasteiger partial charge is 0.153 e. The number of benzene rings is 3. The normalized spacial score (nSPS) is 10.6. The van der Waals surface area contributed by atoms with Crippen molar-refractivity contribution < 1.29 is 4.79 Å². The summed E-state index contributed by atoms with van der Waals surface area (Å²) in [6, 6.07) is 18.4. The van der Waals surface area contributed by atoms with Crippen molar-refractivity contribution in [3.63, 3.8) is 0 Å². The second-order valence-corrected chi connectivity index (χ2v) is 6.22. The second-order valence-electron chi connectivity index (χ2n) is 6.22. The Bertz CT molecular complexity index is 1100. The van der Waals surface area contributed by atoms with Crippen LogP contribution in [0, 0.1) is 0 Å². The van der Waals surface area contributed by atoms with E-state index in [0.29, 0.717) is 18.7 Å². The molecule has 4 heteroatoms. The quantitative estimate of drug-likeness (QED) is 0.504. The number of nitrogen functional groups attached to an aromatic ring is 1. The van der Waals surface area contributed by atoms with Gasteiger partial charge in [-0.1, -0.05) is 69.3 Å². The Labute approximate surface area is 159 Å². The fourth-order valence-electron chi connectivity index (χ4n) is 3.41. The molecular formula is C23H25N3O. The van der Waals surface area contributed by atoms with Crippen LogP contribution in [-0.4, -0.2) is 16.0 Å². The van der Waals surface area contributed by atoms with E-state index in [-0.39, 0.29) is 5.78 Å². The third-order valence-electron chi connectivity index (χ3n) is 4.70. The molecular weight excluding hydrogens is 334 g/mol. The second kappa shape index (κ2) is 8.04. The van der Waals surface area contributed by atoms with Crippen LogP contribution >= 0.6 is 0 Å². The molecule has 0 aliphatic rings. The van der Waals surface area contributed by atoms with E-state index in [2.05, 4.69) is 40.5 Å². The Hall–Kier alpha value is -3.14. The molecule has 0 aliphatic heterocycles. The van der Waals surface area contributed by atoms with Gasteiger partial charge in [0.2, 0.25) is 0 Å². The summed E-state index contributed by atoms with van der Waals surface area (Å²) in [5, 5.41) is 10.3. The number of rotatable bonds is 4. The van der Waals surface area contributed by atoms with Crippen molar-refractivity contribution in [2.75, 3.05) is 5.73 Å². The van der Waals surface area contributed by atoms with Gasteiger partial charge in [0.15, 0.2) is 5.82 Å². The molecule has 3 N–H and O–H groups in total. The SMILES string of the molecule is CC.CCC(=O)Cc1ccc(-c2cccc3[nH]nc(N)c23)c2ccccc12. The number of anilines is 1. The molecule has 27 heavy (non-hydrogen) atoms. The van der Waals surface area contributed by atoms with E-state index < -0.39 is 0 Å². The van der Waals surface area contributed by atoms with Gasteiger partial charge in [-0.15, -0.1) is 0 Å². The zero-order valence-corrected chi connectivity index (χ0v) is 16.0. The summed E-state index contributed by atoms with van der Waals surface area (Å²) in [5.41, 5.74) is 10.2. The van der Waals surface area contributed by atoms with E-state index in [4.69, 9.17) is 5.73 Å². The lowest BCUT2D eigenvalue weighted by molar-refractivity contribution is -0.118. The van der Waals surface area contributed by atoms with Crippen LogP contribution in [-0.2, 0) is 11.2 Å². The number of aromatic nitrogens is 2. The Kier molecular flexibility index (Phi) is 5.55. The minimum absolute atomic E-state index is 0.249. The van der Waals surface area contributed by atoms with E-state index in [1.54, 1.807) is 0 Å². The van der Waals surface area contributed by atoms with E-state index in [1.807, 2.05) is 45.0 Å². The van der Waals surface area contributed by atoms with E-state index in [0.717, 1.165) is 38.4 Å². The van der Waals surface area contributed by atoms with Crippen LogP contribution in [0.1, 0.15) is 32.8 Å². The van der Waals surface area contributed by atoms with Crippen LogP contribution in [0.15, 0.2) is 54.6 Å². The highest BCUT2D eigenvalue weighted by Crippen LogP contribution is 2.36. The third-order valence-corrected chi connectivity index (χ3v) is 4.70. The lowest BCUT2D eigenvalue weighted by Crippen LogP contribution is -2.01. The molecule has 0 fully saturated rings. The van der Waals surface area contributed by atoms with E-state index in [9.17, 15) is 4.79 Å². The monoisotopic (exact) mass is 359 g/mol.